The van der Waals surface area contributed by atoms with Gasteiger partial charge in [0.25, 0.3) is 0 Å². The Bertz CT molecular complexity index is 404. The topological polar surface area (TPSA) is 58.6 Å². The van der Waals surface area contributed by atoms with Crippen LogP contribution in [0.3, 0.4) is 0 Å². The first-order valence-electron chi connectivity index (χ1n) is 6.20. The molecule has 1 aromatic carbocycles. The van der Waals surface area contributed by atoms with Gasteiger partial charge in [0.1, 0.15) is 18.4 Å². The van der Waals surface area contributed by atoms with Gasteiger partial charge in [0.2, 0.25) is 0 Å². The van der Waals surface area contributed by atoms with E-state index in [1.54, 1.807) is 0 Å². The lowest BCUT2D eigenvalue weighted by Gasteiger charge is -2.16. The molecular weight excluding hydrogens is 230 g/mol. The minimum atomic E-state index is -0.881. The van der Waals surface area contributed by atoms with Crippen LogP contribution in [-0.4, -0.2) is 30.3 Å². The monoisotopic (exact) mass is 251 g/mol. The highest BCUT2D eigenvalue weighted by atomic mass is 16.5. The van der Waals surface area contributed by atoms with E-state index in [4.69, 9.17) is 9.84 Å². The zero-order valence-electron chi connectivity index (χ0n) is 11.2. The third kappa shape index (κ3) is 4.37. The van der Waals surface area contributed by atoms with Crippen molar-refractivity contribution in [3.63, 3.8) is 0 Å². The minimum Gasteiger partial charge on any atom is -0.491 e. The summed E-state index contributed by atoms with van der Waals surface area (Å²) in [5.74, 6) is -0.131. The number of aryl methyl sites for hydroxylation is 2. The number of carbonyl (C=O) groups is 1. The van der Waals surface area contributed by atoms with Gasteiger partial charge in [0.15, 0.2) is 0 Å². The fourth-order valence-electron chi connectivity index (χ4n) is 1.57. The van der Waals surface area contributed by atoms with Gasteiger partial charge < -0.3 is 15.2 Å². The molecule has 0 aliphatic rings. The Morgan fingerprint density at radius 2 is 2.17 bits per heavy atom. The molecule has 18 heavy (non-hydrogen) atoms. The van der Waals surface area contributed by atoms with Gasteiger partial charge in [-0.05, 0) is 44.0 Å². The van der Waals surface area contributed by atoms with Crippen molar-refractivity contribution in [2.45, 2.75) is 33.2 Å². The van der Waals surface area contributed by atoms with Crippen LogP contribution < -0.4 is 10.1 Å². The zero-order valence-corrected chi connectivity index (χ0v) is 11.2. The summed E-state index contributed by atoms with van der Waals surface area (Å²) >= 11 is 0. The molecule has 0 fully saturated rings. The first-order valence-corrected chi connectivity index (χ1v) is 6.20. The Morgan fingerprint density at radius 3 is 2.78 bits per heavy atom. The summed E-state index contributed by atoms with van der Waals surface area (Å²) in [6, 6.07) is 5.24. The van der Waals surface area contributed by atoms with Crippen molar-refractivity contribution >= 4 is 5.97 Å². The van der Waals surface area contributed by atoms with Crippen LogP contribution in [0.25, 0.3) is 0 Å². The summed E-state index contributed by atoms with van der Waals surface area (Å²) in [7, 11) is 0. The molecule has 0 radical (unpaired) electrons. The van der Waals surface area contributed by atoms with E-state index in [0.717, 1.165) is 23.3 Å². The van der Waals surface area contributed by atoms with Crippen LogP contribution in [0.2, 0.25) is 0 Å². The highest BCUT2D eigenvalue weighted by Gasteiger charge is 2.17. The average molecular weight is 251 g/mol. The quantitative estimate of drug-likeness (QED) is 0.779. The van der Waals surface area contributed by atoms with E-state index in [1.807, 2.05) is 39.0 Å². The fraction of sp³-hybridized carbons (Fsp3) is 0.500. The number of benzene rings is 1. The molecule has 0 amide bonds. The standard InChI is InChI=1S/C14H21NO3/c1-4-7-15-12(14(16)17)9-18-13-8-10(2)5-6-11(13)3/h5-6,8,12,15H,4,7,9H2,1-3H3,(H,16,17). The highest BCUT2D eigenvalue weighted by Crippen LogP contribution is 2.19. The van der Waals surface area contributed by atoms with Gasteiger partial charge in [0, 0.05) is 0 Å². The second kappa shape index (κ2) is 7.01. The molecule has 1 rings (SSSR count). The molecule has 0 aromatic heterocycles. The Labute approximate surface area is 108 Å². The normalized spacial score (nSPS) is 12.2. The van der Waals surface area contributed by atoms with E-state index in [-0.39, 0.29) is 6.61 Å². The number of hydrogen-bond acceptors (Lipinski definition) is 3. The third-order valence-electron chi connectivity index (χ3n) is 2.69. The summed E-state index contributed by atoms with van der Waals surface area (Å²) in [6.45, 7) is 6.74. The largest absolute Gasteiger partial charge is 0.491 e. The lowest BCUT2D eigenvalue weighted by molar-refractivity contribution is -0.140. The van der Waals surface area contributed by atoms with Crippen LogP contribution in [0.4, 0.5) is 0 Å². The van der Waals surface area contributed by atoms with E-state index in [9.17, 15) is 4.79 Å². The van der Waals surface area contributed by atoms with E-state index in [2.05, 4.69) is 5.32 Å². The Hall–Kier alpha value is -1.55. The van der Waals surface area contributed by atoms with Crippen LogP contribution in [0, 0.1) is 13.8 Å². The maximum Gasteiger partial charge on any atom is 0.324 e. The maximum atomic E-state index is 11.0. The number of hydrogen-bond donors (Lipinski definition) is 2. The van der Waals surface area contributed by atoms with Gasteiger partial charge in [0.05, 0.1) is 0 Å². The maximum absolute atomic E-state index is 11.0. The van der Waals surface area contributed by atoms with Crippen molar-refractivity contribution < 1.29 is 14.6 Å². The van der Waals surface area contributed by atoms with Crippen molar-refractivity contribution in [2.24, 2.45) is 0 Å². The lowest BCUT2D eigenvalue weighted by Crippen LogP contribution is -2.41. The van der Waals surface area contributed by atoms with Gasteiger partial charge in [-0.15, -0.1) is 0 Å². The van der Waals surface area contributed by atoms with Gasteiger partial charge in [-0.1, -0.05) is 19.1 Å². The van der Waals surface area contributed by atoms with Crippen LogP contribution in [0.5, 0.6) is 5.75 Å². The predicted octanol–water partition coefficient (Wildman–Crippen LogP) is 2.14. The van der Waals surface area contributed by atoms with E-state index >= 15 is 0 Å². The summed E-state index contributed by atoms with van der Waals surface area (Å²) in [5, 5.41) is 12.0. The lowest BCUT2D eigenvalue weighted by atomic mass is 10.1. The summed E-state index contributed by atoms with van der Waals surface area (Å²) in [4.78, 5) is 11.0. The average Bonchev–Trinajstić information content (AvgIpc) is 2.33. The fourth-order valence-corrected chi connectivity index (χ4v) is 1.57. The van der Waals surface area contributed by atoms with Gasteiger partial charge in [-0.3, -0.25) is 4.79 Å². The molecule has 2 N–H and O–H groups in total. The molecule has 100 valence electrons. The number of carboxylic acids is 1. The van der Waals surface area contributed by atoms with Crippen LogP contribution in [-0.2, 0) is 4.79 Å². The number of ether oxygens (including phenoxy) is 1. The van der Waals surface area contributed by atoms with Crippen LogP contribution >= 0.6 is 0 Å². The first-order chi connectivity index (χ1) is 8.54. The molecule has 0 heterocycles. The highest BCUT2D eigenvalue weighted by molar-refractivity contribution is 5.73. The molecule has 1 aromatic rings. The molecular formula is C14H21NO3. The number of carboxylic acid groups (broad SMARTS) is 1. The smallest absolute Gasteiger partial charge is 0.324 e. The molecule has 0 spiro atoms. The number of rotatable bonds is 7. The van der Waals surface area contributed by atoms with Gasteiger partial charge in [-0.25, -0.2) is 0 Å². The molecule has 0 aliphatic carbocycles. The molecule has 4 heteroatoms. The second-order valence-corrected chi connectivity index (χ2v) is 4.42. The van der Waals surface area contributed by atoms with Crippen molar-refractivity contribution in [1.82, 2.24) is 5.32 Å². The third-order valence-corrected chi connectivity index (χ3v) is 2.69. The molecule has 0 saturated carbocycles. The Kier molecular flexibility index (Phi) is 5.65. The van der Waals surface area contributed by atoms with Crippen LogP contribution in [0.15, 0.2) is 18.2 Å². The van der Waals surface area contributed by atoms with Crippen LogP contribution in [0.1, 0.15) is 24.5 Å². The summed E-state index contributed by atoms with van der Waals surface area (Å²) in [6.07, 6.45) is 0.896. The predicted molar refractivity (Wildman–Crippen MR) is 71.1 cm³/mol. The number of nitrogens with one attached hydrogen (secondary N) is 1. The SMILES string of the molecule is CCCNC(COc1cc(C)ccc1C)C(=O)O. The number of aliphatic carboxylic acids is 1. The molecule has 1 atom stereocenters. The van der Waals surface area contributed by atoms with E-state index < -0.39 is 12.0 Å². The Balaban J connectivity index is 2.60. The zero-order chi connectivity index (χ0) is 13.5. The van der Waals surface area contributed by atoms with E-state index in [0.29, 0.717) is 6.54 Å². The molecule has 0 aliphatic heterocycles. The van der Waals surface area contributed by atoms with Crippen molar-refractivity contribution in [3.8, 4) is 5.75 Å². The van der Waals surface area contributed by atoms with Gasteiger partial charge >= 0.3 is 5.97 Å². The Morgan fingerprint density at radius 1 is 1.44 bits per heavy atom. The molecule has 4 nitrogen and oxygen atoms in total. The van der Waals surface area contributed by atoms with Gasteiger partial charge in [-0.2, -0.15) is 0 Å². The molecule has 0 bridgehead atoms. The van der Waals surface area contributed by atoms with Crippen molar-refractivity contribution in [2.75, 3.05) is 13.2 Å². The summed E-state index contributed by atoms with van der Waals surface area (Å²) in [5.41, 5.74) is 2.12. The minimum absolute atomic E-state index is 0.139. The van der Waals surface area contributed by atoms with Crippen molar-refractivity contribution in [1.29, 1.82) is 0 Å². The second-order valence-electron chi connectivity index (χ2n) is 4.42. The molecule has 1 unspecified atom stereocenters. The van der Waals surface area contributed by atoms with Crippen molar-refractivity contribution in [3.05, 3.63) is 29.3 Å². The molecule has 0 saturated heterocycles. The summed E-state index contributed by atoms with van der Waals surface area (Å²) < 4.78 is 5.59. The first kappa shape index (κ1) is 14.5. The van der Waals surface area contributed by atoms with E-state index in [1.165, 1.54) is 0 Å².